The number of nitrogens with zero attached hydrogens (tertiary/aromatic N) is 1. The van der Waals surface area contributed by atoms with Gasteiger partial charge in [-0.15, -0.1) is 0 Å². The lowest BCUT2D eigenvalue weighted by Gasteiger charge is -2.35. The molecule has 1 N–H and O–H groups in total. The molecule has 7 heteroatoms. The number of hydrogen-bond donors (Lipinski definition) is 1. The lowest BCUT2D eigenvalue weighted by molar-refractivity contribution is -0.159. The molecule has 0 spiro atoms. The molecule has 0 aromatic heterocycles. The molecule has 0 aromatic rings. The third kappa shape index (κ3) is 4.90. The number of carbonyl (C=O) groups excluding carboxylic acids is 4. The van der Waals surface area contributed by atoms with Gasteiger partial charge in [-0.2, -0.15) is 0 Å². The van der Waals surface area contributed by atoms with Crippen molar-refractivity contribution in [1.82, 2.24) is 4.90 Å². The van der Waals surface area contributed by atoms with Crippen LogP contribution in [0.5, 0.6) is 0 Å². The second-order valence-electron chi connectivity index (χ2n) is 7.74. The Morgan fingerprint density at radius 3 is 2.38 bits per heavy atom. The molecule has 0 radical (unpaired) electrons. The van der Waals surface area contributed by atoms with Crippen LogP contribution in [0.3, 0.4) is 0 Å². The van der Waals surface area contributed by atoms with Crippen molar-refractivity contribution in [2.75, 3.05) is 13.2 Å². The average Bonchev–Trinajstić information content (AvgIpc) is 2.54. The van der Waals surface area contributed by atoms with Gasteiger partial charge in [-0.25, -0.2) is 0 Å². The van der Waals surface area contributed by atoms with E-state index >= 15 is 0 Å². The van der Waals surface area contributed by atoms with E-state index in [1.54, 1.807) is 6.92 Å². The zero-order chi connectivity index (χ0) is 19.4. The van der Waals surface area contributed by atoms with E-state index in [1.165, 1.54) is 0 Å². The largest absolute Gasteiger partial charge is 0.465 e. The summed E-state index contributed by atoms with van der Waals surface area (Å²) in [6, 6.07) is 0. The molecule has 26 heavy (non-hydrogen) atoms. The van der Waals surface area contributed by atoms with Gasteiger partial charge in [-0.1, -0.05) is 13.8 Å². The van der Waals surface area contributed by atoms with Gasteiger partial charge in [0.25, 0.3) is 0 Å². The molecule has 0 bridgehead atoms. The van der Waals surface area contributed by atoms with Crippen LogP contribution in [0.15, 0.2) is 0 Å². The van der Waals surface area contributed by atoms with E-state index in [0.717, 1.165) is 11.3 Å². The molecule has 1 saturated carbocycles. The van der Waals surface area contributed by atoms with Crippen LogP contribution in [-0.4, -0.2) is 52.8 Å². The van der Waals surface area contributed by atoms with Gasteiger partial charge < -0.3 is 9.84 Å². The third-order valence-electron chi connectivity index (χ3n) is 5.42. The number of esters is 1. The summed E-state index contributed by atoms with van der Waals surface area (Å²) in [4.78, 5) is 49.3. The molecule has 2 fully saturated rings. The molecule has 2 rings (SSSR count). The quantitative estimate of drug-likeness (QED) is 0.561. The maximum Gasteiger partial charge on any atom is 0.326 e. The zero-order valence-corrected chi connectivity index (χ0v) is 15.8. The summed E-state index contributed by atoms with van der Waals surface area (Å²) >= 11 is 0. The number of aliphatic hydroxyl groups excluding tert-OH is 1. The van der Waals surface area contributed by atoms with Crippen molar-refractivity contribution in [3.63, 3.8) is 0 Å². The summed E-state index contributed by atoms with van der Waals surface area (Å²) in [5.74, 6) is -1.80. The van der Waals surface area contributed by atoms with Crippen molar-refractivity contribution in [3.8, 4) is 0 Å². The summed E-state index contributed by atoms with van der Waals surface area (Å²) in [5, 5.41) is 10.6. The molecule has 2 aliphatic rings. The van der Waals surface area contributed by atoms with Gasteiger partial charge in [0.2, 0.25) is 11.8 Å². The van der Waals surface area contributed by atoms with Gasteiger partial charge in [0.05, 0.1) is 12.7 Å². The number of amides is 2. The maximum atomic E-state index is 12.4. The highest BCUT2D eigenvalue weighted by Gasteiger charge is 2.40. The summed E-state index contributed by atoms with van der Waals surface area (Å²) in [6.07, 6.45) is 1.08. The second-order valence-corrected chi connectivity index (χ2v) is 7.74. The van der Waals surface area contributed by atoms with Crippen LogP contribution in [0.1, 0.15) is 52.9 Å². The SMILES string of the molecule is CCOC(=O)CN1C(=O)CC(C[C@@H](O)C2CC(C)C[C@H](C)C2=O)CC1=O. The topological polar surface area (TPSA) is 101 Å². The summed E-state index contributed by atoms with van der Waals surface area (Å²) in [5.41, 5.74) is 0. The molecule has 1 saturated heterocycles. The van der Waals surface area contributed by atoms with Crippen molar-refractivity contribution in [3.05, 3.63) is 0 Å². The van der Waals surface area contributed by atoms with Crippen molar-refractivity contribution in [2.24, 2.45) is 23.7 Å². The van der Waals surface area contributed by atoms with Gasteiger partial charge in [0.15, 0.2) is 0 Å². The Hall–Kier alpha value is -1.76. The predicted octanol–water partition coefficient (Wildman–Crippen LogP) is 1.32. The molecule has 1 aliphatic heterocycles. The fourth-order valence-corrected chi connectivity index (χ4v) is 4.19. The summed E-state index contributed by atoms with van der Waals surface area (Å²) < 4.78 is 4.78. The van der Waals surface area contributed by atoms with Crippen LogP contribution in [-0.2, 0) is 23.9 Å². The molecule has 4 atom stereocenters. The lowest BCUT2D eigenvalue weighted by atomic mass is 9.71. The smallest absolute Gasteiger partial charge is 0.326 e. The number of hydrogen-bond acceptors (Lipinski definition) is 6. The molecule has 0 aromatic carbocycles. The fraction of sp³-hybridized carbons (Fsp3) is 0.789. The van der Waals surface area contributed by atoms with Crippen molar-refractivity contribution in [1.29, 1.82) is 0 Å². The highest BCUT2D eigenvalue weighted by Crippen LogP contribution is 2.35. The standard InChI is InChI=1S/C19H29NO6/c1-4-26-18(24)10-20-16(22)8-13(9-17(20)23)7-15(21)14-6-11(2)5-12(3)19(14)25/h11-15,21H,4-10H2,1-3H3/t11?,12-,14?,15+/m0/s1. The molecule has 2 amide bonds. The van der Waals surface area contributed by atoms with E-state index in [2.05, 4.69) is 6.92 Å². The number of carbonyl (C=O) groups is 4. The number of rotatable bonds is 6. The average molecular weight is 367 g/mol. The van der Waals surface area contributed by atoms with Crippen LogP contribution in [0, 0.1) is 23.7 Å². The van der Waals surface area contributed by atoms with Crippen molar-refractivity contribution in [2.45, 2.75) is 59.0 Å². The number of ketones is 1. The monoisotopic (exact) mass is 367 g/mol. The van der Waals surface area contributed by atoms with E-state index in [9.17, 15) is 24.3 Å². The Balaban J connectivity index is 1.93. The Bertz CT molecular complexity index is 556. The number of piperidine rings is 1. The van der Waals surface area contributed by atoms with E-state index in [4.69, 9.17) is 4.74 Å². The third-order valence-corrected chi connectivity index (χ3v) is 5.42. The molecule has 1 heterocycles. The molecular formula is C19H29NO6. The van der Waals surface area contributed by atoms with Crippen molar-refractivity contribution < 1.29 is 29.0 Å². The lowest BCUT2D eigenvalue weighted by Crippen LogP contribution is -2.47. The van der Waals surface area contributed by atoms with Crippen LogP contribution >= 0.6 is 0 Å². The van der Waals surface area contributed by atoms with E-state index in [-0.39, 0.29) is 50.0 Å². The number of likely N-dealkylation sites (tertiary alicyclic amines) is 1. The second kappa shape index (κ2) is 8.75. The Labute approximate surface area is 154 Å². The molecule has 1 aliphatic carbocycles. The maximum absolute atomic E-state index is 12.4. The molecule has 146 valence electrons. The number of Topliss-reactive ketones (excluding diaryl/α,β-unsaturated/α-hetero) is 1. The minimum Gasteiger partial charge on any atom is -0.465 e. The number of imide groups is 1. The van der Waals surface area contributed by atoms with Gasteiger partial charge in [0, 0.05) is 24.7 Å². The van der Waals surface area contributed by atoms with Crippen LogP contribution in [0.4, 0.5) is 0 Å². The normalized spacial score (nSPS) is 29.0. The Kier molecular flexibility index (Phi) is 6.92. The molecule has 2 unspecified atom stereocenters. The Morgan fingerprint density at radius 2 is 1.81 bits per heavy atom. The first kappa shape index (κ1) is 20.6. The van der Waals surface area contributed by atoms with E-state index in [0.29, 0.717) is 12.3 Å². The highest BCUT2D eigenvalue weighted by molar-refractivity contribution is 6.00. The van der Waals surface area contributed by atoms with Crippen LogP contribution < -0.4 is 0 Å². The van der Waals surface area contributed by atoms with Gasteiger partial charge >= 0.3 is 5.97 Å². The summed E-state index contributed by atoms with van der Waals surface area (Å²) in [7, 11) is 0. The van der Waals surface area contributed by atoms with Crippen LogP contribution in [0.25, 0.3) is 0 Å². The van der Waals surface area contributed by atoms with Gasteiger partial charge in [-0.3, -0.25) is 24.1 Å². The molecule has 7 nitrogen and oxygen atoms in total. The first-order valence-corrected chi connectivity index (χ1v) is 9.43. The minimum absolute atomic E-state index is 0.0620. The minimum atomic E-state index is -0.838. The number of ether oxygens (including phenoxy) is 1. The number of aliphatic hydroxyl groups is 1. The van der Waals surface area contributed by atoms with E-state index < -0.39 is 29.8 Å². The van der Waals surface area contributed by atoms with Crippen molar-refractivity contribution >= 4 is 23.6 Å². The Morgan fingerprint density at radius 1 is 1.19 bits per heavy atom. The van der Waals surface area contributed by atoms with Gasteiger partial charge in [-0.05, 0) is 38.0 Å². The van der Waals surface area contributed by atoms with Crippen LogP contribution in [0.2, 0.25) is 0 Å². The first-order valence-electron chi connectivity index (χ1n) is 9.43. The summed E-state index contributed by atoms with van der Waals surface area (Å²) in [6.45, 7) is 5.44. The predicted molar refractivity (Wildman–Crippen MR) is 92.8 cm³/mol. The fourth-order valence-electron chi connectivity index (χ4n) is 4.19. The van der Waals surface area contributed by atoms with E-state index in [1.807, 2.05) is 6.92 Å². The molecular weight excluding hydrogens is 338 g/mol. The highest BCUT2D eigenvalue weighted by atomic mass is 16.5. The first-order chi connectivity index (χ1) is 12.2. The zero-order valence-electron chi connectivity index (χ0n) is 15.8. The van der Waals surface area contributed by atoms with Gasteiger partial charge in [0.1, 0.15) is 12.3 Å².